The first-order valence-corrected chi connectivity index (χ1v) is 6.24. The van der Waals surface area contributed by atoms with Crippen molar-refractivity contribution in [2.75, 3.05) is 26.9 Å². The molecule has 0 aliphatic carbocycles. The first-order valence-electron chi connectivity index (χ1n) is 6.24. The molecule has 1 saturated heterocycles. The average molecular weight is 235 g/mol. The lowest BCUT2D eigenvalue weighted by Gasteiger charge is -2.38. The van der Waals surface area contributed by atoms with Crippen molar-refractivity contribution in [1.29, 1.82) is 0 Å². The predicted octanol–water partition coefficient (Wildman–Crippen LogP) is 2.09. The monoisotopic (exact) mass is 235 g/mol. The van der Waals surface area contributed by atoms with E-state index in [1.165, 1.54) is 5.56 Å². The average Bonchev–Trinajstić information content (AvgIpc) is 2.40. The van der Waals surface area contributed by atoms with E-state index < -0.39 is 0 Å². The Kier molecular flexibility index (Phi) is 4.02. The molecule has 1 aromatic carbocycles. The molecule has 0 bridgehead atoms. The maximum absolute atomic E-state index is 5.78. The van der Waals surface area contributed by atoms with Crippen LogP contribution in [0.5, 0.6) is 5.75 Å². The second kappa shape index (κ2) is 5.52. The van der Waals surface area contributed by atoms with E-state index in [0.29, 0.717) is 6.54 Å². The summed E-state index contributed by atoms with van der Waals surface area (Å²) in [5.41, 5.74) is 7.06. The summed E-state index contributed by atoms with van der Waals surface area (Å²) >= 11 is 0. The van der Waals surface area contributed by atoms with Gasteiger partial charge in [-0.3, -0.25) is 0 Å². The second-order valence-corrected chi connectivity index (χ2v) is 4.68. The van der Waals surface area contributed by atoms with Gasteiger partial charge in [0.15, 0.2) is 0 Å². The van der Waals surface area contributed by atoms with Gasteiger partial charge in [0.1, 0.15) is 5.75 Å². The molecule has 1 aromatic rings. The third kappa shape index (κ3) is 2.45. The lowest BCUT2D eigenvalue weighted by atomic mass is 9.73. The molecule has 0 aromatic heterocycles. The Bertz CT molecular complexity index is 353. The number of hydrogen-bond acceptors (Lipinski definition) is 3. The topological polar surface area (TPSA) is 44.5 Å². The quantitative estimate of drug-likeness (QED) is 0.869. The van der Waals surface area contributed by atoms with E-state index in [-0.39, 0.29) is 5.41 Å². The molecule has 94 valence electrons. The summed E-state index contributed by atoms with van der Waals surface area (Å²) in [5.74, 6) is 0.950. The molecule has 1 atom stereocenters. The fraction of sp³-hybridized carbons (Fsp3) is 0.571. The predicted molar refractivity (Wildman–Crippen MR) is 68.4 cm³/mol. The van der Waals surface area contributed by atoms with Crippen LogP contribution >= 0.6 is 0 Å². The molecule has 0 amide bonds. The zero-order valence-corrected chi connectivity index (χ0v) is 10.4. The molecule has 2 rings (SSSR count). The maximum atomic E-state index is 5.78. The minimum absolute atomic E-state index is 0.0413. The summed E-state index contributed by atoms with van der Waals surface area (Å²) in [5, 5.41) is 0. The highest BCUT2D eigenvalue weighted by molar-refractivity contribution is 5.40. The summed E-state index contributed by atoms with van der Waals surface area (Å²) in [7, 11) is 1.72. The number of benzene rings is 1. The third-order valence-corrected chi connectivity index (χ3v) is 3.62. The van der Waals surface area contributed by atoms with E-state index in [9.17, 15) is 0 Å². The number of nitrogens with two attached hydrogens (primary N) is 1. The number of rotatable bonds is 4. The summed E-state index contributed by atoms with van der Waals surface area (Å²) in [6, 6.07) is 8.22. The van der Waals surface area contributed by atoms with Crippen LogP contribution in [-0.2, 0) is 10.2 Å². The van der Waals surface area contributed by atoms with E-state index in [0.717, 1.165) is 38.2 Å². The minimum Gasteiger partial charge on any atom is -0.496 e. The van der Waals surface area contributed by atoms with E-state index in [1.54, 1.807) is 7.11 Å². The van der Waals surface area contributed by atoms with Gasteiger partial charge in [-0.2, -0.15) is 0 Å². The highest BCUT2D eigenvalue weighted by atomic mass is 16.5. The molecule has 1 fully saturated rings. The summed E-state index contributed by atoms with van der Waals surface area (Å²) < 4.78 is 11.2. The van der Waals surface area contributed by atoms with Gasteiger partial charge in [-0.05, 0) is 31.9 Å². The molecule has 1 unspecified atom stereocenters. The Morgan fingerprint density at radius 1 is 1.41 bits per heavy atom. The van der Waals surface area contributed by atoms with Gasteiger partial charge < -0.3 is 15.2 Å². The van der Waals surface area contributed by atoms with Crippen LogP contribution in [0.25, 0.3) is 0 Å². The van der Waals surface area contributed by atoms with Gasteiger partial charge in [-0.25, -0.2) is 0 Å². The Hall–Kier alpha value is -1.06. The normalized spacial score (nSPS) is 24.6. The molecule has 1 aliphatic rings. The molecule has 0 saturated carbocycles. The van der Waals surface area contributed by atoms with Crippen molar-refractivity contribution >= 4 is 0 Å². The fourth-order valence-electron chi connectivity index (χ4n) is 2.76. The molecular weight excluding hydrogens is 214 g/mol. The zero-order valence-electron chi connectivity index (χ0n) is 10.4. The Balaban J connectivity index is 2.37. The van der Waals surface area contributed by atoms with Crippen molar-refractivity contribution < 1.29 is 9.47 Å². The number of para-hydroxylation sites is 1. The van der Waals surface area contributed by atoms with Crippen LogP contribution < -0.4 is 10.5 Å². The highest BCUT2D eigenvalue weighted by Gasteiger charge is 2.36. The van der Waals surface area contributed by atoms with Gasteiger partial charge in [0, 0.05) is 17.6 Å². The van der Waals surface area contributed by atoms with E-state index in [1.807, 2.05) is 12.1 Å². The van der Waals surface area contributed by atoms with Gasteiger partial charge in [-0.15, -0.1) is 0 Å². The molecule has 2 N–H and O–H groups in total. The smallest absolute Gasteiger partial charge is 0.122 e. The minimum atomic E-state index is 0.0413. The Morgan fingerprint density at radius 3 is 2.88 bits per heavy atom. The Labute approximate surface area is 103 Å². The van der Waals surface area contributed by atoms with Crippen molar-refractivity contribution in [3.05, 3.63) is 29.8 Å². The van der Waals surface area contributed by atoms with Gasteiger partial charge in [0.25, 0.3) is 0 Å². The van der Waals surface area contributed by atoms with Crippen LogP contribution in [0.2, 0.25) is 0 Å². The van der Waals surface area contributed by atoms with Crippen LogP contribution in [-0.4, -0.2) is 26.9 Å². The van der Waals surface area contributed by atoms with Gasteiger partial charge >= 0.3 is 0 Å². The third-order valence-electron chi connectivity index (χ3n) is 3.62. The fourth-order valence-corrected chi connectivity index (χ4v) is 2.76. The number of ether oxygens (including phenoxy) is 2. The van der Waals surface area contributed by atoms with Gasteiger partial charge in [-0.1, -0.05) is 18.2 Å². The maximum Gasteiger partial charge on any atom is 0.122 e. The van der Waals surface area contributed by atoms with Crippen molar-refractivity contribution in [3.63, 3.8) is 0 Å². The molecule has 0 spiro atoms. The van der Waals surface area contributed by atoms with Crippen molar-refractivity contribution in [2.45, 2.75) is 24.7 Å². The van der Waals surface area contributed by atoms with Crippen LogP contribution in [0.1, 0.15) is 24.8 Å². The SMILES string of the molecule is COc1ccccc1C1(CCN)CCCOC1. The summed E-state index contributed by atoms with van der Waals surface area (Å²) in [6.45, 7) is 2.30. The molecule has 3 nitrogen and oxygen atoms in total. The van der Waals surface area contributed by atoms with Crippen LogP contribution in [0.15, 0.2) is 24.3 Å². The summed E-state index contributed by atoms with van der Waals surface area (Å²) in [4.78, 5) is 0. The van der Waals surface area contributed by atoms with E-state index >= 15 is 0 Å². The van der Waals surface area contributed by atoms with Crippen molar-refractivity contribution in [1.82, 2.24) is 0 Å². The van der Waals surface area contributed by atoms with Gasteiger partial charge in [0.2, 0.25) is 0 Å². The van der Waals surface area contributed by atoms with E-state index in [2.05, 4.69) is 12.1 Å². The van der Waals surface area contributed by atoms with Crippen molar-refractivity contribution in [3.8, 4) is 5.75 Å². The van der Waals surface area contributed by atoms with Gasteiger partial charge in [0.05, 0.1) is 13.7 Å². The highest BCUT2D eigenvalue weighted by Crippen LogP contribution is 2.40. The second-order valence-electron chi connectivity index (χ2n) is 4.68. The molecule has 17 heavy (non-hydrogen) atoms. The lowest BCUT2D eigenvalue weighted by Crippen LogP contribution is -2.38. The molecule has 0 radical (unpaired) electrons. The number of hydrogen-bond donors (Lipinski definition) is 1. The zero-order chi connectivity index (χ0) is 12.1. The standard InChI is InChI=1S/C14H21NO2/c1-16-13-6-3-2-5-12(13)14(8-9-15)7-4-10-17-11-14/h2-3,5-6H,4,7-11,15H2,1H3. The van der Waals surface area contributed by atoms with E-state index in [4.69, 9.17) is 15.2 Å². The summed E-state index contributed by atoms with van der Waals surface area (Å²) in [6.07, 6.45) is 3.18. The van der Waals surface area contributed by atoms with Crippen LogP contribution in [0, 0.1) is 0 Å². The van der Waals surface area contributed by atoms with Crippen LogP contribution in [0.3, 0.4) is 0 Å². The number of methoxy groups -OCH3 is 1. The molecule has 1 heterocycles. The first-order chi connectivity index (χ1) is 8.32. The molecular formula is C14H21NO2. The molecule has 1 aliphatic heterocycles. The first kappa shape index (κ1) is 12.4. The Morgan fingerprint density at radius 2 is 2.24 bits per heavy atom. The lowest BCUT2D eigenvalue weighted by molar-refractivity contribution is 0.0302. The van der Waals surface area contributed by atoms with Crippen molar-refractivity contribution in [2.24, 2.45) is 5.73 Å². The largest absolute Gasteiger partial charge is 0.496 e. The van der Waals surface area contributed by atoms with Crippen LogP contribution in [0.4, 0.5) is 0 Å². The molecule has 3 heteroatoms.